The molecule has 1 saturated heterocycles. The monoisotopic (exact) mass is 362 g/mol. The van der Waals surface area contributed by atoms with Gasteiger partial charge in [0.05, 0.1) is 18.8 Å². The molecule has 0 unspecified atom stereocenters. The predicted molar refractivity (Wildman–Crippen MR) is 91.9 cm³/mol. The van der Waals surface area contributed by atoms with E-state index in [1.165, 1.54) is 4.90 Å². The number of nitrogens with zero attached hydrogens (tertiary/aromatic N) is 2. The molecular weight excluding hydrogens is 344 g/mol. The van der Waals surface area contributed by atoms with E-state index in [0.29, 0.717) is 17.3 Å². The minimum Gasteiger partial charge on any atom is -0.467 e. The van der Waals surface area contributed by atoms with Crippen molar-refractivity contribution in [3.63, 3.8) is 0 Å². The Morgan fingerprint density at radius 1 is 1.32 bits per heavy atom. The lowest BCUT2D eigenvalue weighted by Gasteiger charge is -2.39. The van der Waals surface area contributed by atoms with Gasteiger partial charge in [0.1, 0.15) is 12.4 Å². The number of carbonyl (C=O) groups excluding carboxylic acids is 2. The quantitative estimate of drug-likeness (QED) is 0.838. The highest BCUT2D eigenvalue weighted by molar-refractivity contribution is 6.30. The van der Waals surface area contributed by atoms with E-state index in [4.69, 9.17) is 20.8 Å². The lowest BCUT2D eigenvalue weighted by molar-refractivity contribution is -0.167. The molecule has 2 atom stereocenters. The van der Waals surface area contributed by atoms with E-state index in [-0.39, 0.29) is 18.4 Å². The molecule has 2 heterocycles. The van der Waals surface area contributed by atoms with Crippen molar-refractivity contribution < 1.29 is 18.7 Å². The number of ether oxygens (including phenoxy) is 1. The van der Waals surface area contributed by atoms with E-state index in [1.54, 1.807) is 61.7 Å². The van der Waals surface area contributed by atoms with Crippen LogP contribution in [0.3, 0.4) is 0 Å². The molecule has 0 radical (unpaired) electrons. The van der Waals surface area contributed by atoms with Crippen molar-refractivity contribution in [2.75, 3.05) is 20.7 Å². The van der Waals surface area contributed by atoms with E-state index < -0.39 is 12.1 Å². The number of benzene rings is 1. The maximum Gasteiger partial charge on any atom is 0.254 e. The van der Waals surface area contributed by atoms with Gasteiger partial charge in [-0.1, -0.05) is 23.7 Å². The van der Waals surface area contributed by atoms with E-state index in [2.05, 4.69) is 0 Å². The van der Waals surface area contributed by atoms with Gasteiger partial charge in [-0.05, 0) is 29.8 Å². The maximum atomic E-state index is 12.9. The minimum atomic E-state index is -0.788. The predicted octanol–water partition coefficient (Wildman–Crippen LogP) is 2.49. The van der Waals surface area contributed by atoms with Crippen molar-refractivity contribution in [3.8, 4) is 0 Å². The molecule has 7 heteroatoms. The molecule has 2 aromatic rings. The van der Waals surface area contributed by atoms with Gasteiger partial charge in [0.25, 0.3) is 5.91 Å². The standard InChI is InChI=1S/C18H19ClN2O4/c1-20(10-14-4-3-9-24-14)18(23)17-16(21(2)15(22)11-25-17)12-5-7-13(19)8-6-12/h3-9,16-17H,10-11H2,1-2H3/t16-,17-/m1/s1. The Labute approximate surface area is 150 Å². The van der Waals surface area contributed by atoms with Gasteiger partial charge in [-0.3, -0.25) is 9.59 Å². The number of morpholine rings is 1. The lowest BCUT2D eigenvalue weighted by atomic mass is 9.97. The number of likely N-dealkylation sites (N-methyl/N-ethyl adjacent to an activating group) is 2. The van der Waals surface area contributed by atoms with Crippen molar-refractivity contribution in [2.45, 2.75) is 18.7 Å². The Hall–Kier alpha value is -2.31. The third kappa shape index (κ3) is 3.70. The molecule has 0 aliphatic carbocycles. The fourth-order valence-electron chi connectivity index (χ4n) is 2.91. The van der Waals surface area contributed by atoms with Crippen molar-refractivity contribution >= 4 is 23.4 Å². The second-order valence-electron chi connectivity index (χ2n) is 6.01. The van der Waals surface area contributed by atoms with Gasteiger partial charge in [-0.25, -0.2) is 0 Å². The van der Waals surface area contributed by atoms with E-state index >= 15 is 0 Å². The summed E-state index contributed by atoms with van der Waals surface area (Å²) in [6, 6.07) is 10.1. The second kappa shape index (κ2) is 7.29. The summed E-state index contributed by atoms with van der Waals surface area (Å²) in [4.78, 5) is 28.1. The molecule has 132 valence electrons. The van der Waals surface area contributed by atoms with Crippen LogP contribution < -0.4 is 0 Å². The average molecular weight is 363 g/mol. The van der Waals surface area contributed by atoms with Crippen LogP contribution in [0.2, 0.25) is 5.02 Å². The van der Waals surface area contributed by atoms with Gasteiger partial charge in [0, 0.05) is 19.1 Å². The number of hydrogen-bond acceptors (Lipinski definition) is 4. The highest BCUT2D eigenvalue weighted by Gasteiger charge is 2.41. The number of halogens is 1. The summed E-state index contributed by atoms with van der Waals surface area (Å²) in [5.74, 6) is 0.299. The molecule has 25 heavy (non-hydrogen) atoms. The zero-order valence-electron chi connectivity index (χ0n) is 14.0. The Kier molecular flexibility index (Phi) is 5.11. The number of amides is 2. The second-order valence-corrected chi connectivity index (χ2v) is 6.44. The van der Waals surface area contributed by atoms with Gasteiger partial charge in [0.15, 0.2) is 6.10 Å². The number of furan rings is 1. The van der Waals surface area contributed by atoms with Gasteiger partial charge < -0.3 is 19.0 Å². The molecule has 2 amide bonds. The first kappa shape index (κ1) is 17.5. The molecule has 1 aliphatic heterocycles. The first-order chi connectivity index (χ1) is 12.0. The fourth-order valence-corrected chi connectivity index (χ4v) is 3.03. The Morgan fingerprint density at radius 2 is 2.04 bits per heavy atom. The van der Waals surface area contributed by atoms with Gasteiger partial charge >= 0.3 is 0 Å². The van der Waals surface area contributed by atoms with Crippen LogP contribution in [0.15, 0.2) is 47.1 Å². The van der Waals surface area contributed by atoms with Crippen LogP contribution >= 0.6 is 11.6 Å². The van der Waals surface area contributed by atoms with Crippen LogP contribution in [0, 0.1) is 0 Å². The SMILES string of the molecule is CN(Cc1ccco1)C(=O)[C@@H]1OCC(=O)N(C)[C@@H]1c1ccc(Cl)cc1. The Bertz CT molecular complexity index is 745. The molecule has 1 fully saturated rings. The fraction of sp³-hybridized carbons (Fsp3) is 0.333. The van der Waals surface area contributed by atoms with Crippen LogP contribution in [0.4, 0.5) is 0 Å². The summed E-state index contributed by atoms with van der Waals surface area (Å²) in [6.45, 7) is 0.211. The maximum absolute atomic E-state index is 12.9. The zero-order chi connectivity index (χ0) is 18.0. The molecule has 0 bridgehead atoms. The third-order valence-electron chi connectivity index (χ3n) is 4.29. The molecule has 6 nitrogen and oxygen atoms in total. The largest absolute Gasteiger partial charge is 0.467 e. The van der Waals surface area contributed by atoms with Crippen LogP contribution in [0.5, 0.6) is 0 Å². The molecule has 0 spiro atoms. The van der Waals surface area contributed by atoms with Crippen molar-refractivity contribution in [1.82, 2.24) is 9.80 Å². The van der Waals surface area contributed by atoms with Crippen LogP contribution in [-0.2, 0) is 20.9 Å². The van der Waals surface area contributed by atoms with Gasteiger partial charge in [-0.15, -0.1) is 0 Å². The van der Waals surface area contributed by atoms with Crippen LogP contribution in [0.25, 0.3) is 0 Å². The van der Waals surface area contributed by atoms with E-state index in [1.807, 2.05) is 0 Å². The highest BCUT2D eigenvalue weighted by atomic mass is 35.5. The normalized spacial score (nSPS) is 20.6. The molecule has 0 saturated carbocycles. The Balaban J connectivity index is 1.84. The third-order valence-corrected chi connectivity index (χ3v) is 4.54. The first-order valence-electron chi connectivity index (χ1n) is 7.87. The number of hydrogen-bond donors (Lipinski definition) is 0. The van der Waals surface area contributed by atoms with Crippen molar-refractivity contribution in [1.29, 1.82) is 0 Å². The summed E-state index contributed by atoms with van der Waals surface area (Å²) >= 11 is 5.95. The molecular formula is C18H19ClN2O4. The summed E-state index contributed by atoms with van der Waals surface area (Å²) in [5, 5.41) is 0.590. The summed E-state index contributed by atoms with van der Waals surface area (Å²) < 4.78 is 10.9. The smallest absolute Gasteiger partial charge is 0.254 e. The summed E-state index contributed by atoms with van der Waals surface area (Å²) in [6.07, 6.45) is 0.775. The van der Waals surface area contributed by atoms with Crippen LogP contribution in [0.1, 0.15) is 17.4 Å². The Morgan fingerprint density at radius 3 is 2.68 bits per heavy atom. The molecule has 0 N–H and O–H groups in total. The minimum absolute atomic E-state index is 0.119. The molecule has 1 aromatic heterocycles. The van der Waals surface area contributed by atoms with Crippen molar-refractivity contribution in [2.24, 2.45) is 0 Å². The molecule has 1 aliphatic rings. The lowest BCUT2D eigenvalue weighted by Crippen LogP contribution is -2.53. The van der Waals surface area contributed by atoms with Gasteiger partial charge in [-0.2, -0.15) is 0 Å². The summed E-state index contributed by atoms with van der Waals surface area (Å²) in [7, 11) is 3.36. The van der Waals surface area contributed by atoms with E-state index in [9.17, 15) is 9.59 Å². The highest BCUT2D eigenvalue weighted by Crippen LogP contribution is 2.31. The topological polar surface area (TPSA) is 63.0 Å². The van der Waals surface area contributed by atoms with E-state index in [0.717, 1.165) is 5.56 Å². The van der Waals surface area contributed by atoms with Gasteiger partial charge in [0.2, 0.25) is 5.91 Å². The van der Waals surface area contributed by atoms with Crippen molar-refractivity contribution in [3.05, 3.63) is 59.0 Å². The summed E-state index contributed by atoms with van der Waals surface area (Å²) in [5.41, 5.74) is 0.796. The number of rotatable bonds is 4. The molecule has 1 aromatic carbocycles. The zero-order valence-corrected chi connectivity index (χ0v) is 14.8. The average Bonchev–Trinajstić information content (AvgIpc) is 3.10. The van der Waals surface area contributed by atoms with Crippen LogP contribution in [-0.4, -0.2) is 48.4 Å². The first-order valence-corrected chi connectivity index (χ1v) is 8.25. The molecule has 3 rings (SSSR count). The number of carbonyl (C=O) groups is 2.